The van der Waals surface area contributed by atoms with E-state index in [0.717, 1.165) is 6.42 Å². The standard InChI is InChI=1S/C8H16N2O/c1-4-5-6-7-9-8(11)10(2)3/h4-5H,6-7H2,1-3H3,(H,9,11)/b5-4+. The van der Waals surface area contributed by atoms with Crippen molar-refractivity contribution >= 4 is 6.03 Å². The van der Waals surface area contributed by atoms with E-state index < -0.39 is 0 Å². The molecule has 0 saturated carbocycles. The van der Waals surface area contributed by atoms with Crippen LogP contribution in [0, 0.1) is 0 Å². The summed E-state index contributed by atoms with van der Waals surface area (Å²) in [4.78, 5) is 12.4. The third-order valence-corrected chi connectivity index (χ3v) is 1.23. The predicted molar refractivity (Wildman–Crippen MR) is 46.5 cm³/mol. The van der Waals surface area contributed by atoms with Crippen LogP contribution in [0.5, 0.6) is 0 Å². The van der Waals surface area contributed by atoms with Crippen LogP contribution in [0.1, 0.15) is 13.3 Å². The molecule has 0 aromatic heterocycles. The lowest BCUT2D eigenvalue weighted by atomic mass is 10.4. The molecular weight excluding hydrogens is 140 g/mol. The van der Waals surface area contributed by atoms with E-state index in [1.807, 2.05) is 19.1 Å². The Hall–Kier alpha value is -0.990. The van der Waals surface area contributed by atoms with Crippen molar-refractivity contribution in [2.75, 3.05) is 20.6 Å². The van der Waals surface area contributed by atoms with E-state index in [1.54, 1.807) is 14.1 Å². The quantitative estimate of drug-likeness (QED) is 0.483. The van der Waals surface area contributed by atoms with E-state index in [2.05, 4.69) is 5.32 Å². The van der Waals surface area contributed by atoms with Crippen LogP contribution in [0.25, 0.3) is 0 Å². The van der Waals surface area contributed by atoms with Crippen LogP contribution >= 0.6 is 0 Å². The molecule has 3 heteroatoms. The van der Waals surface area contributed by atoms with Crippen LogP contribution in [-0.2, 0) is 0 Å². The first-order valence-corrected chi connectivity index (χ1v) is 3.74. The summed E-state index contributed by atoms with van der Waals surface area (Å²) < 4.78 is 0. The van der Waals surface area contributed by atoms with Gasteiger partial charge in [0.1, 0.15) is 0 Å². The zero-order valence-corrected chi connectivity index (χ0v) is 7.42. The molecule has 0 saturated heterocycles. The first-order chi connectivity index (χ1) is 5.18. The molecule has 0 radical (unpaired) electrons. The van der Waals surface area contributed by atoms with Crippen molar-refractivity contribution < 1.29 is 4.79 Å². The highest BCUT2D eigenvalue weighted by atomic mass is 16.2. The summed E-state index contributed by atoms with van der Waals surface area (Å²) in [5, 5.41) is 2.75. The number of hydrogen-bond acceptors (Lipinski definition) is 1. The van der Waals surface area contributed by atoms with Crippen LogP contribution in [0.15, 0.2) is 12.2 Å². The summed E-state index contributed by atoms with van der Waals surface area (Å²) >= 11 is 0. The molecule has 0 aromatic rings. The molecule has 0 unspecified atom stereocenters. The fourth-order valence-corrected chi connectivity index (χ4v) is 0.587. The second-order valence-electron chi connectivity index (χ2n) is 2.48. The van der Waals surface area contributed by atoms with E-state index in [9.17, 15) is 4.79 Å². The molecule has 0 spiro atoms. The summed E-state index contributed by atoms with van der Waals surface area (Å²) in [6.07, 6.45) is 4.90. The molecule has 0 heterocycles. The van der Waals surface area contributed by atoms with E-state index in [0.29, 0.717) is 6.54 Å². The maximum atomic E-state index is 10.9. The Bertz CT molecular complexity index is 141. The SMILES string of the molecule is C/C=C/CCNC(=O)N(C)C. The number of carbonyl (C=O) groups excluding carboxylic acids is 1. The zero-order valence-electron chi connectivity index (χ0n) is 7.42. The van der Waals surface area contributed by atoms with Crippen LogP contribution in [0.2, 0.25) is 0 Å². The molecule has 64 valence electrons. The number of carbonyl (C=O) groups is 1. The Morgan fingerprint density at radius 2 is 2.18 bits per heavy atom. The lowest BCUT2D eigenvalue weighted by Crippen LogP contribution is -2.34. The van der Waals surface area contributed by atoms with Crippen molar-refractivity contribution in [3.05, 3.63) is 12.2 Å². The Kier molecular flexibility index (Phi) is 5.25. The first-order valence-electron chi connectivity index (χ1n) is 3.74. The monoisotopic (exact) mass is 156 g/mol. The Balaban J connectivity index is 3.32. The minimum Gasteiger partial charge on any atom is -0.338 e. The van der Waals surface area contributed by atoms with Gasteiger partial charge in [-0.3, -0.25) is 0 Å². The molecule has 0 aliphatic heterocycles. The molecule has 0 aliphatic carbocycles. The summed E-state index contributed by atoms with van der Waals surface area (Å²) in [6, 6.07) is -0.0329. The highest BCUT2D eigenvalue weighted by Gasteiger charge is 1.98. The first kappa shape index (κ1) is 10.0. The van der Waals surface area contributed by atoms with Gasteiger partial charge in [-0.2, -0.15) is 0 Å². The molecule has 0 fully saturated rings. The van der Waals surface area contributed by atoms with Crippen LogP contribution < -0.4 is 5.32 Å². The number of rotatable bonds is 3. The van der Waals surface area contributed by atoms with Gasteiger partial charge in [0.15, 0.2) is 0 Å². The highest BCUT2D eigenvalue weighted by Crippen LogP contribution is 1.81. The lowest BCUT2D eigenvalue weighted by Gasteiger charge is -2.10. The van der Waals surface area contributed by atoms with Gasteiger partial charge in [0.25, 0.3) is 0 Å². The van der Waals surface area contributed by atoms with Gasteiger partial charge in [0.05, 0.1) is 0 Å². The fraction of sp³-hybridized carbons (Fsp3) is 0.625. The average Bonchev–Trinajstić information content (AvgIpc) is 1.97. The maximum absolute atomic E-state index is 10.9. The zero-order chi connectivity index (χ0) is 8.69. The number of urea groups is 1. The van der Waals surface area contributed by atoms with Crippen molar-refractivity contribution in [1.29, 1.82) is 0 Å². The van der Waals surface area contributed by atoms with Gasteiger partial charge >= 0.3 is 6.03 Å². The summed E-state index contributed by atoms with van der Waals surface area (Å²) in [7, 11) is 3.45. The molecular formula is C8H16N2O. The Morgan fingerprint density at radius 3 is 2.64 bits per heavy atom. The molecule has 3 nitrogen and oxygen atoms in total. The molecule has 1 N–H and O–H groups in total. The van der Waals surface area contributed by atoms with E-state index in [-0.39, 0.29) is 6.03 Å². The van der Waals surface area contributed by atoms with Gasteiger partial charge in [0, 0.05) is 20.6 Å². The van der Waals surface area contributed by atoms with E-state index >= 15 is 0 Å². The topological polar surface area (TPSA) is 32.3 Å². The summed E-state index contributed by atoms with van der Waals surface area (Å²) in [5.74, 6) is 0. The fourth-order valence-electron chi connectivity index (χ4n) is 0.587. The third kappa shape index (κ3) is 5.45. The molecule has 0 bridgehead atoms. The van der Waals surface area contributed by atoms with Crippen molar-refractivity contribution in [3.63, 3.8) is 0 Å². The summed E-state index contributed by atoms with van der Waals surface area (Å²) in [6.45, 7) is 2.68. The highest BCUT2D eigenvalue weighted by molar-refractivity contribution is 5.73. The molecule has 11 heavy (non-hydrogen) atoms. The number of nitrogens with one attached hydrogen (secondary N) is 1. The second-order valence-corrected chi connectivity index (χ2v) is 2.48. The molecule has 2 amide bonds. The van der Waals surface area contributed by atoms with Crippen LogP contribution in [0.4, 0.5) is 4.79 Å². The van der Waals surface area contributed by atoms with Crippen molar-refractivity contribution in [1.82, 2.24) is 10.2 Å². The largest absolute Gasteiger partial charge is 0.338 e. The number of allylic oxidation sites excluding steroid dienone is 1. The minimum absolute atomic E-state index is 0.0329. The second kappa shape index (κ2) is 5.77. The third-order valence-electron chi connectivity index (χ3n) is 1.23. The summed E-state index contributed by atoms with van der Waals surface area (Å²) in [5.41, 5.74) is 0. The molecule has 0 aromatic carbocycles. The number of amides is 2. The van der Waals surface area contributed by atoms with E-state index in [4.69, 9.17) is 0 Å². The number of nitrogens with zero attached hydrogens (tertiary/aromatic N) is 1. The van der Waals surface area contributed by atoms with Crippen LogP contribution in [-0.4, -0.2) is 31.6 Å². The average molecular weight is 156 g/mol. The molecule has 0 aliphatic rings. The lowest BCUT2D eigenvalue weighted by molar-refractivity contribution is 0.217. The van der Waals surface area contributed by atoms with Gasteiger partial charge in [-0.05, 0) is 13.3 Å². The van der Waals surface area contributed by atoms with E-state index in [1.165, 1.54) is 4.90 Å². The van der Waals surface area contributed by atoms with Crippen LogP contribution in [0.3, 0.4) is 0 Å². The van der Waals surface area contributed by atoms with Gasteiger partial charge in [-0.25, -0.2) is 4.79 Å². The van der Waals surface area contributed by atoms with Gasteiger partial charge < -0.3 is 10.2 Å². The van der Waals surface area contributed by atoms with Gasteiger partial charge in [-0.1, -0.05) is 12.2 Å². The Labute approximate surface area is 68.1 Å². The van der Waals surface area contributed by atoms with Gasteiger partial charge in [-0.15, -0.1) is 0 Å². The van der Waals surface area contributed by atoms with Crippen molar-refractivity contribution in [2.45, 2.75) is 13.3 Å². The van der Waals surface area contributed by atoms with Crippen molar-refractivity contribution in [2.24, 2.45) is 0 Å². The van der Waals surface area contributed by atoms with Gasteiger partial charge in [0.2, 0.25) is 0 Å². The van der Waals surface area contributed by atoms with Crippen molar-refractivity contribution in [3.8, 4) is 0 Å². The maximum Gasteiger partial charge on any atom is 0.316 e. The molecule has 0 rings (SSSR count). The Morgan fingerprint density at radius 1 is 1.55 bits per heavy atom. The molecule has 0 atom stereocenters. The smallest absolute Gasteiger partial charge is 0.316 e. The predicted octanol–water partition coefficient (Wildman–Crippen LogP) is 1.22. The normalized spacial score (nSPS) is 10.1. The number of hydrogen-bond donors (Lipinski definition) is 1. The minimum atomic E-state index is -0.0329.